The quantitative estimate of drug-likeness (QED) is 0.491. The Hall–Kier alpha value is -3.34. The van der Waals surface area contributed by atoms with Crippen molar-refractivity contribution in [2.75, 3.05) is 11.9 Å². The van der Waals surface area contributed by atoms with E-state index in [-0.39, 0.29) is 11.7 Å². The molecule has 0 saturated heterocycles. The third-order valence-electron chi connectivity index (χ3n) is 4.15. The Morgan fingerprint density at radius 3 is 2.59 bits per heavy atom. The maximum atomic E-state index is 12.3. The zero-order chi connectivity index (χ0) is 19.1. The number of furan rings is 1. The molecule has 1 amide bonds. The van der Waals surface area contributed by atoms with Crippen molar-refractivity contribution in [2.45, 2.75) is 19.8 Å². The Labute approximate surface area is 158 Å². The zero-order valence-corrected chi connectivity index (χ0v) is 15.1. The topological polar surface area (TPSA) is 68.5 Å². The van der Waals surface area contributed by atoms with E-state index in [1.165, 1.54) is 11.8 Å². The first-order valence-corrected chi connectivity index (χ1v) is 8.80. The molecule has 3 aromatic rings. The third kappa shape index (κ3) is 5.07. The number of anilines is 1. The fourth-order valence-electron chi connectivity index (χ4n) is 2.64. The van der Waals surface area contributed by atoms with Crippen molar-refractivity contribution in [3.8, 4) is 0 Å². The van der Waals surface area contributed by atoms with Crippen LogP contribution in [0.1, 0.15) is 38.5 Å². The van der Waals surface area contributed by atoms with Gasteiger partial charge in [0.2, 0.25) is 0 Å². The van der Waals surface area contributed by atoms with Crippen LogP contribution in [0.3, 0.4) is 0 Å². The lowest BCUT2D eigenvalue weighted by Gasteiger charge is -2.10. The predicted molar refractivity (Wildman–Crippen MR) is 103 cm³/mol. The van der Waals surface area contributed by atoms with Crippen LogP contribution in [0.15, 0.2) is 71.3 Å². The lowest BCUT2D eigenvalue weighted by molar-refractivity contribution is 0.0500. The number of aryl methyl sites for hydroxylation is 2. The Bertz CT molecular complexity index is 901. The normalized spacial score (nSPS) is 10.4. The molecule has 0 spiro atoms. The number of benzene rings is 2. The van der Waals surface area contributed by atoms with Gasteiger partial charge in [-0.25, -0.2) is 4.79 Å². The SMILES string of the molecule is Cc1ccc(C(=O)OCCCc2ccccc2)cc1NC(=O)c1ccco1. The van der Waals surface area contributed by atoms with E-state index in [1.807, 2.05) is 25.1 Å². The van der Waals surface area contributed by atoms with Gasteiger partial charge in [0.25, 0.3) is 5.91 Å². The molecule has 0 atom stereocenters. The number of hydrogen-bond donors (Lipinski definition) is 1. The van der Waals surface area contributed by atoms with Crippen LogP contribution in [0.4, 0.5) is 5.69 Å². The van der Waals surface area contributed by atoms with Crippen LogP contribution >= 0.6 is 0 Å². The maximum absolute atomic E-state index is 12.3. The molecule has 1 heterocycles. The van der Waals surface area contributed by atoms with Crippen molar-refractivity contribution < 1.29 is 18.7 Å². The van der Waals surface area contributed by atoms with Crippen molar-refractivity contribution in [1.29, 1.82) is 0 Å². The average Bonchev–Trinajstić information content (AvgIpc) is 3.22. The van der Waals surface area contributed by atoms with Gasteiger partial charge in [-0.1, -0.05) is 36.4 Å². The van der Waals surface area contributed by atoms with E-state index in [0.29, 0.717) is 17.9 Å². The van der Waals surface area contributed by atoms with Crippen LogP contribution in [0, 0.1) is 6.92 Å². The van der Waals surface area contributed by atoms with E-state index in [2.05, 4.69) is 17.4 Å². The van der Waals surface area contributed by atoms with Gasteiger partial charge in [0.1, 0.15) is 0 Å². The molecule has 2 aromatic carbocycles. The van der Waals surface area contributed by atoms with Gasteiger partial charge in [-0.3, -0.25) is 4.79 Å². The molecular formula is C22H21NO4. The van der Waals surface area contributed by atoms with E-state index in [1.54, 1.807) is 30.3 Å². The van der Waals surface area contributed by atoms with Gasteiger partial charge in [-0.05, 0) is 55.2 Å². The van der Waals surface area contributed by atoms with E-state index in [4.69, 9.17) is 9.15 Å². The second kappa shape index (κ2) is 8.85. The number of carbonyl (C=O) groups is 2. The van der Waals surface area contributed by atoms with Crippen LogP contribution in [-0.4, -0.2) is 18.5 Å². The van der Waals surface area contributed by atoms with Crippen molar-refractivity contribution in [3.63, 3.8) is 0 Å². The fourth-order valence-corrected chi connectivity index (χ4v) is 2.64. The first-order valence-electron chi connectivity index (χ1n) is 8.80. The minimum absolute atomic E-state index is 0.211. The Morgan fingerprint density at radius 2 is 1.85 bits per heavy atom. The highest BCUT2D eigenvalue weighted by Gasteiger charge is 2.13. The monoisotopic (exact) mass is 363 g/mol. The van der Waals surface area contributed by atoms with Crippen molar-refractivity contribution in [2.24, 2.45) is 0 Å². The van der Waals surface area contributed by atoms with E-state index in [9.17, 15) is 9.59 Å². The van der Waals surface area contributed by atoms with Gasteiger partial charge in [-0.2, -0.15) is 0 Å². The summed E-state index contributed by atoms with van der Waals surface area (Å²) in [7, 11) is 0. The smallest absolute Gasteiger partial charge is 0.338 e. The molecule has 0 bridgehead atoms. The molecule has 27 heavy (non-hydrogen) atoms. The summed E-state index contributed by atoms with van der Waals surface area (Å²) in [6.45, 7) is 2.20. The largest absolute Gasteiger partial charge is 0.462 e. The van der Waals surface area contributed by atoms with Crippen LogP contribution in [0.5, 0.6) is 0 Å². The van der Waals surface area contributed by atoms with Gasteiger partial charge in [0, 0.05) is 5.69 Å². The molecule has 0 radical (unpaired) electrons. The molecule has 0 aliphatic carbocycles. The Morgan fingerprint density at radius 1 is 1.04 bits per heavy atom. The highest BCUT2D eigenvalue weighted by molar-refractivity contribution is 6.03. The van der Waals surface area contributed by atoms with E-state index < -0.39 is 5.97 Å². The number of rotatable bonds is 7. The molecule has 1 aromatic heterocycles. The highest BCUT2D eigenvalue weighted by Crippen LogP contribution is 2.19. The fraction of sp³-hybridized carbons (Fsp3) is 0.182. The van der Waals surface area contributed by atoms with Gasteiger partial charge in [0.15, 0.2) is 5.76 Å². The summed E-state index contributed by atoms with van der Waals surface area (Å²) in [6, 6.07) is 18.4. The number of hydrogen-bond acceptors (Lipinski definition) is 4. The molecule has 138 valence electrons. The summed E-state index contributed by atoms with van der Waals surface area (Å²) in [5.41, 5.74) is 3.01. The Kier molecular flexibility index (Phi) is 6.05. The Balaban J connectivity index is 1.56. The second-order valence-electron chi connectivity index (χ2n) is 6.19. The summed E-state index contributed by atoms with van der Waals surface area (Å²) in [5, 5.41) is 2.76. The first kappa shape index (κ1) is 18.5. The number of nitrogens with one attached hydrogen (secondary N) is 1. The number of ether oxygens (including phenoxy) is 1. The summed E-state index contributed by atoms with van der Waals surface area (Å²) >= 11 is 0. The van der Waals surface area contributed by atoms with Crippen molar-refractivity contribution in [1.82, 2.24) is 0 Å². The molecular weight excluding hydrogens is 342 g/mol. The second-order valence-corrected chi connectivity index (χ2v) is 6.19. The molecule has 0 aliphatic rings. The minimum atomic E-state index is -0.406. The highest BCUT2D eigenvalue weighted by atomic mass is 16.5. The first-order chi connectivity index (χ1) is 13.1. The maximum Gasteiger partial charge on any atom is 0.338 e. The van der Waals surface area contributed by atoms with Gasteiger partial charge >= 0.3 is 5.97 Å². The predicted octanol–water partition coefficient (Wildman–Crippen LogP) is 4.63. The minimum Gasteiger partial charge on any atom is -0.462 e. The van der Waals surface area contributed by atoms with Crippen LogP contribution in [0.25, 0.3) is 0 Å². The lowest BCUT2D eigenvalue weighted by atomic mass is 10.1. The summed E-state index contributed by atoms with van der Waals surface area (Å²) in [6.07, 6.45) is 3.04. The number of amides is 1. The van der Waals surface area contributed by atoms with E-state index >= 15 is 0 Å². The number of esters is 1. The van der Waals surface area contributed by atoms with E-state index in [0.717, 1.165) is 18.4 Å². The van der Waals surface area contributed by atoms with Crippen LogP contribution < -0.4 is 5.32 Å². The van der Waals surface area contributed by atoms with Crippen molar-refractivity contribution in [3.05, 3.63) is 89.4 Å². The van der Waals surface area contributed by atoms with Gasteiger partial charge in [0.05, 0.1) is 18.4 Å². The third-order valence-corrected chi connectivity index (χ3v) is 4.15. The van der Waals surface area contributed by atoms with Crippen LogP contribution in [-0.2, 0) is 11.2 Å². The van der Waals surface area contributed by atoms with Gasteiger partial charge in [-0.15, -0.1) is 0 Å². The number of carbonyl (C=O) groups excluding carboxylic acids is 2. The molecule has 3 rings (SSSR count). The molecule has 0 unspecified atom stereocenters. The lowest BCUT2D eigenvalue weighted by Crippen LogP contribution is -2.13. The van der Waals surface area contributed by atoms with Gasteiger partial charge < -0.3 is 14.5 Å². The van der Waals surface area contributed by atoms with Crippen LogP contribution in [0.2, 0.25) is 0 Å². The average molecular weight is 363 g/mol. The molecule has 0 fully saturated rings. The molecule has 0 aliphatic heterocycles. The van der Waals surface area contributed by atoms with Crippen molar-refractivity contribution >= 4 is 17.6 Å². The molecule has 1 N–H and O–H groups in total. The standard InChI is InChI=1S/C22H21NO4/c1-16-11-12-18(15-19(16)23-21(24)20-10-6-13-26-20)22(25)27-14-5-9-17-7-3-2-4-8-17/h2-4,6-8,10-13,15H,5,9,14H2,1H3,(H,23,24). The molecule has 5 nitrogen and oxygen atoms in total. The molecule has 5 heteroatoms. The summed E-state index contributed by atoms with van der Waals surface area (Å²) in [5.74, 6) is -0.559. The summed E-state index contributed by atoms with van der Waals surface area (Å²) in [4.78, 5) is 24.4. The summed E-state index contributed by atoms with van der Waals surface area (Å²) < 4.78 is 10.4. The molecule has 0 saturated carbocycles. The zero-order valence-electron chi connectivity index (χ0n) is 15.1.